The van der Waals surface area contributed by atoms with Gasteiger partial charge in [-0.05, 0) is 36.0 Å². The molecule has 1 fully saturated rings. The molecule has 0 unspecified atom stereocenters. The molecule has 6 nitrogen and oxygen atoms in total. The van der Waals surface area contributed by atoms with E-state index in [0.29, 0.717) is 17.3 Å². The SMILES string of the molecule is C=CC(=O)NC1C(C)(C)CN(S(=O)(=O)c2ccc(-c3csc(C)n3)s2)CC1(C)C. The fraction of sp³-hybridized carbons (Fsp3) is 0.500. The van der Waals surface area contributed by atoms with Gasteiger partial charge in [-0.3, -0.25) is 4.79 Å². The number of piperidine rings is 1. The van der Waals surface area contributed by atoms with E-state index in [4.69, 9.17) is 0 Å². The minimum atomic E-state index is -3.65. The van der Waals surface area contributed by atoms with Gasteiger partial charge in [0.05, 0.1) is 15.6 Å². The first-order valence-corrected chi connectivity index (χ1v) is 12.5. The summed E-state index contributed by atoms with van der Waals surface area (Å²) in [6.45, 7) is 14.1. The van der Waals surface area contributed by atoms with Gasteiger partial charge in [0.2, 0.25) is 5.91 Å². The topological polar surface area (TPSA) is 79.4 Å². The Balaban J connectivity index is 1.89. The molecule has 0 bridgehead atoms. The van der Waals surface area contributed by atoms with Crippen LogP contribution in [0.3, 0.4) is 0 Å². The summed E-state index contributed by atoms with van der Waals surface area (Å²) in [5, 5.41) is 5.90. The van der Waals surface area contributed by atoms with E-state index in [1.807, 2.05) is 46.1 Å². The standard InChI is InChI=1S/C20H27N3O3S3/c1-7-16(24)22-18-19(3,4)11-23(12-20(18,5)6)29(25,26)17-9-8-15(28-17)14-10-27-13(2)21-14/h7-10,18H,1,11-12H2,2-6H3,(H,22,24). The Kier molecular flexibility index (Phi) is 5.81. The van der Waals surface area contributed by atoms with Crippen LogP contribution in [0.15, 0.2) is 34.4 Å². The third-order valence-corrected chi connectivity index (χ3v) is 9.39. The van der Waals surface area contributed by atoms with Crippen LogP contribution in [-0.2, 0) is 14.8 Å². The second-order valence-corrected chi connectivity index (χ2v) is 13.1. The fourth-order valence-corrected chi connectivity index (χ4v) is 8.06. The maximum Gasteiger partial charge on any atom is 0.252 e. The average molecular weight is 454 g/mol. The summed E-state index contributed by atoms with van der Waals surface area (Å²) in [7, 11) is -3.65. The molecule has 2 aromatic rings. The molecule has 3 rings (SSSR count). The van der Waals surface area contributed by atoms with Gasteiger partial charge < -0.3 is 5.32 Å². The van der Waals surface area contributed by atoms with E-state index in [9.17, 15) is 13.2 Å². The molecule has 2 aromatic heterocycles. The summed E-state index contributed by atoms with van der Waals surface area (Å²) in [6, 6.07) is 3.30. The van der Waals surface area contributed by atoms with Gasteiger partial charge in [-0.25, -0.2) is 13.4 Å². The highest BCUT2D eigenvalue weighted by Crippen LogP contribution is 2.43. The number of thiophene rings is 1. The molecule has 1 saturated heterocycles. The molecule has 9 heteroatoms. The number of hydrogen-bond acceptors (Lipinski definition) is 6. The number of aryl methyl sites for hydroxylation is 1. The molecule has 1 N–H and O–H groups in total. The lowest BCUT2D eigenvalue weighted by Crippen LogP contribution is -2.64. The highest BCUT2D eigenvalue weighted by Gasteiger charge is 2.50. The van der Waals surface area contributed by atoms with Crippen LogP contribution in [0, 0.1) is 17.8 Å². The number of nitrogens with zero attached hydrogens (tertiary/aromatic N) is 2. The Labute approximate surface area is 180 Å². The van der Waals surface area contributed by atoms with Crippen molar-refractivity contribution in [3.05, 3.63) is 35.2 Å². The van der Waals surface area contributed by atoms with Crippen molar-refractivity contribution in [2.45, 2.75) is 44.9 Å². The highest BCUT2D eigenvalue weighted by molar-refractivity contribution is 7.91. The quantitative estimate of drug-likeness (QED) is 0.696. The van der Waals surface area contributed by atoms with E-state index in [-0.39, 0.29) is 11.9 Å². The van der Waals surface area contributed by atoms with Gasteiger partial charge in [0.15, 0.2) is 0 Å². The van der Waals surface area contributed by atoms with Crippen LogP contribution in [0.25, 0.3) is 10.6 Å². The van der Waals surface area contributed by atoms with E-state index >= 15 is 0 Å². The molecule has 0 saturated carbocycles. The normalized spacial score (nSPS) is 19.8. The molecule has 0 spiro atoms. The first-order valence-electron chi connectivity index (χ1n) is 9.32. The number of carbonyl (C=O) groups excluding carboxylic acids is 1. The molecule has 1 aliphatic heterocycles. The average Bonchev–Trinajstić information content (AvgIpc) is 3.26. The van der Waals surface area contributed by atoms with E-state index in [1.54, 1.807) is 21.7 Å². The molecule has 0 radical (unpaired) electrons. The second-order valence-electron chi connectivity index (χ2n) is 8.77. The van der Waals surface area contributed by atoms with Crippen molar-refractivity contribution in [3.63, 3.8) is 0 Å². The van der Waals surface area contributed by atoms with Gasteiger partial charge in [0.25, 0.3) is 10.0 Å². The van der Waals surface area contributed by atoms with Gasteiger partial charge >= 0.3 is 0 Å². The summed E-state index contributed by atoms with van der Waals surface area (Å²) < 4.78 is 28.7. The van der Waals surface area contributed by atoms with Crippen LogP contribution in [-0.4, -0.2) is 42.7 Å². The number of hydrogen-bond donors (Lipinski definition) is 1. The number of amides is 1. The Morgan fingerprint density at radius 3 is 2.41 bits per heavy atom. The Bertz CT molecular complexity index is 1020. The molecular weight excluding hydrogens is 426 g/mol. The maximum absolute atomic E-state index is 13.4. The van der Waals surface area contributed by atoms with Crippen molar-refractivity contribution in [3.8, 4) is 10.6 Å². The largest absolute Gasteiger partial charge is 0.349 e. The maximum atomic E-state index is 13.4. The third-order valence-electron chi connectivity index (χ3n) is 5.25. The first-order chi connectivity index (χ1) is 13.4. The lowest BCUT2D eigenvalue weighted by Gasteiger charge is -2.52. The summed E-state index contributed by atoms with van der Waals surface area (Å²) in [5.74, 6) is -0.242. The fourth-order valence-electron chi connectivity index (χ4n) is 4.17. The van der Waals surface area contributed by atoms with E-state index in [1.165, 1.54) is 17.4 Å². The second kappa shape index (κ2) is 7.61. The minimum Gasteiger partial charge on any atom is -0.349 e. The van der Waals surface area contributed by atoms with Crippen molar-refractivity contribution in [2.24, 2.45) is 10.8 Å². The van der Waals surface area contributed by atoms with Crippen LogP contribution >= 0.6 is 22.7 Å². The zero-order valence-electron chi connectivity index (χ0n) is 17.4. The summed E-state index contributed by atoms with van der Waals surface area (Å²) in [4.78, 5) is 17.2. The van der Waals surface area contributed by atoms with Crippen LogP contribution in [0.4, 0.5) is 0 Å². The third kappa shape index (κ3) is 4.33. The Hall–Kier alpha value is -1.55. The van der Waals surface area contributed by atoms with Crippen molar-refractivity contribution in [1.82, 2.24) is 14.6 Å². The van der Waals surface area contributed by atoms with Crippen molar-refractivity contribution >= 4 is 38.6 Å². The monoisotopic (exact) mass is 453 g/mol. The van der Waals surface area contributed by atoms with Gasteiger partial charge in [0, 0.05) is 24.5 Å². The molecule has 0 aliphatic carbocycles. The van der Waals surface area contributed by atoms with Gasteiger partial charge in [-0.1, -0.05) is 34.3 Å². The van der Waals surface area contributed by atoms with E-state index in [0.717, 1.165) is 15.6 Å². The molecule has 3 heterocycles. The van der Waals surface area contributed by atoms with Gasteiger partial charge in [-0.15, -0.1) is 22.7 Å². The van der Waals surface area contributed by atoms with E-state index in [2.05, 4.69) is 16.9 Å². The van der Waals surface area contributed by atoms with Crippen molar-refractivity contribution < 1.29 is 13.2 Å². The summed E-state index contributed by atoms with van der Waals surface area (Å²) in [6.07, 6.45) is 1.25. The number of rotatable bonds is 5. The van der Waals surface area contributed by atoms with Crippen LogP contribution < -0.4 is 5.32 Å². The minimum absolute atomic E-state index is 0.177. The lowest BCUT2D eigenvalue weighted by atomic mass is 9.67. The molecule has 1 aliphatic rings. The molecule has 0 aromatic carbocycles. The van der Waals surface area contributed by atoms with Crippen LogP contribution in [0.2, 0.25) is 0 Å². The van der Waals surface area contributed by atoms with Crippen molar-refractivity contribution in [1.29, 1.82) is 0 Å². The lowest BCUT2D eigenvalue weighted by molar-refractivity contribution is -0.120. The van der Waals surface area contributed by atoms with Crippen molar-refractivity contribution in [2.75, 3.05) is 13.1 Å². The molecule has 0 atom stereocenters. The predicted molar refractivity (Wildman–Crippen MR) is 119 cm³/mol. The zero-order chi connectivity index (χ0) is 21.6. The number of sulfonamides is 1. The summed E-state index contributed by atoms with van der Waals surface area (Å²) in [5.41, 5.74) is -0.0791. The van der Waals surface area contributed by atoms with Gasteiger partial charge in [0.1, 0.15) is 4.21 Å². The Morgan fingerprint density at radius 2 is 1.90 bits per heavy atom. The van der Waals surface area contributed by atoms with Crippen LogP contribution in [0.1, 0.15) is 32.7 Å². The smallest absolute Gasteiger partial charge is 0.252 e. The summed E-state index contributed by atoms with van der Waals surface area (Å²) >= 11 is 2.79. The van der Waals surface area contributed by atoms with Crippen LogP contribution in [0.5, 0.6) is 0 Å². The number of aromatic nitrogens is 1. The molecular formula is C20H27N3O3S3. The number of carbonyl (C=O) groups is 1. The zero-order valence-corrected chi connectivity index (χ0v) is 19.8. The highest BCUT2D eigenvalue weighted by atomic mass is 32.2. The van der Waals surface area contributed by atoms with Gasteiger partial charge in [-0.2, -0.15) is 4.31 Å². The Morgan fingerprint density at radius 1 is 1.28 bits per heavy atom. The first kappa shape index (κ1) is 22.1. The van der Waals surface area contributed by atoms with E-state index < -0.39 is 20.9 Å². The number of thiazole rings is 1. The predicted octanol–water partition coefficient (Wildman–Crippen LogP) is 3.91. The molecule has 29 heavy (non-hydrogen) atoms. The number of nitrogens with one attached hydrogen (secondary N) is 1. The molecule has 158 valence electrons. The molecule has 1 amide bonds.